The quantitative estimate of drug-likeness (QED) is 0.0113. The molecular weight excluding hydrogens is 775 g/mol. The Morgan fingerprint density at radius 1 is 0.576 bits per heavy atom. The van der Waals surface area contributed by atoms with E-state index < -0.39 is 38.6 Å². The summed E-state index contributed by atoms with van der Waals surface area (Å²) in [6, 6.07) is 0. The van der Waals surface area contributed by atoms with Gasteiger partial charge in [-0.15, -0.1) is 0 Å². The number of esters is 2. The molecule has 0 saturated heterocycles. The second kappa shape index (κ2) is 43.7. The predicted octanol–water partition coefficient (Wildman–Crippen LogP) is 13.1. The number of alkyl carbamates (subject to hydrolysis) is 1. The maximum Gasteiger partial charge on any atom is 0.472 e. The van der Waals surface area contributed by atoms with Gasteiger partial charge in [-0.05, 0) is 18.4 Å². The summed E-state index contributed by atoms with van der Waals surface area (Å²) >= 11 is 0. The predicted molar refractivity (Wildman–Crippen MR) is 235 cm³/mol. The Morgan fingerprint density at radius 3 is 1.41 bits per heavy atom. The maximum atomic E-state index is 12.7. The zero-order valence-electron chi connectivity index (χ0n) is 37.4. The second-order valence-electron chi connectivity index (χ2n) is 15.8. The molecule has 2 unspecified atom stereocenters. The first-order valence-corrected chi connectivity index (χ1v) is 25.1. The molecule has 0 radical (unpaired) electrons. The molecule has 2 atom stereocenters. The van der Waals surface area contributed by atoms with Crippen LogP contribution in [0, 0.1) is 0 Å². The third-order valence-corrected chi connectivity index (χ3v) is 11.2. The monoisotopic (exact) mass is 861 g/mol. The minimum absolute atomic E-state index is 0.0276. The van der Waals surface area contributed by atoms with Gasteiger partial charge in [0, 0.05) is 24.3 Å². The molecule has 2 N–H and O–H groups in total. The number of hydrogen-bond acceptors (Lipinski definition) is 10. The Labute approximate surface area is 358 Å². The van der Waals surface area contributed by atoms with E-state index in [0.29, 0.717) is 12.8 Å². The number of rotatable bonds is 45. The van der Waals surface area contributed by atoms with Crippen molar-refractivity contribution in [3.8, 4) is 0 Å². The summed E-state index contributed by atoms with van der Waals surface area (Å²) in [5, 5.41) is 5.56. The standard InChI is InChI=1S/C44H85N4O10P/c1-3-5-7-9-11-13-15-17-19-21-23-25-27-29-31-33-42(49)55-39-41(40-57-59(52,53)56-38-35-46-44(51)54-37-36-47-48-45)58-43(50)34-32-30-28-26-24-22-20-18-16-14-12-10-8-6-4-2/h41H,3-40H2,1-2H3,(H,46,51)(H,52,53). The normalized spacial score (nSPS) is 12.7. The summed E-state index contributed by atoms with van der Waals surface area (Å²) < 4.78 is 38.2. The Kier molecular flexibility index (Phi) is 42.0. The minimum Gasteiger partial charge on any atom is -0.462 e. The molecule has 0 aromatic heterocycles. The van der Waals surface area contributed by atoms with Crippen molar-refractivity contribution in [1.82, 2.24) is 5.32 Å². The molecule has 0 rings (SSSR count). The molecule has 0 bridgehead atoms. The molecule has 0 aromatic rings. The summed E-state index contributed by atoms with van der Waals surface area (Å²) in [6.07, 6.45) is 35.1. The highest BCUT2D eigenvalue weighted by Crippen LogP contribution is 2.43. The van der Waals surface area contributed by atoms with E-state index in [1.807, 2.05) is 0 Å². The van der Waals surface area contributed by atoms with Gasteiger partial charge in [0.2, 0.25) is 0 Å². The SMILES string of the molecule is CCCCCCCCCCCCCCCCCC(=O)OCC(COP(=O)(O)OCCNC(=O)OCCN=[N+]=[N-])OC(=O)CCCCCCCCCCCCCCCCC. The van der Waals surface area contributed by atoms with E-state index in [-0.39, 0.29) is 45.8 Å². The van der Waals surface area contributed by atoms with E-state index >= 15 is 0 Å². The first-order chi connectivity index (χ1) is 28.7. The zero-order valence-corrected chi connectivity index (χ0v) is 38.3. The van der Waals surface area contributed by atoms with E-state index in [1.165, 1.54) is 141 Å². The molecule has 0 spiro atoms. The number of nitrogens with one attached hydrogen (secondary N) is 1. The fourth-order valence-corrected chi connectivity index (χ4v) is 7.46. The number of carbonyl (C=O) groups excluding carboxylic acids is 3. The van der Waals surface area contributed by atoms with E-state index in [2.05, 4.69) is 29.2 Å². The van der Waals surface area contributed by atoms with Crippen LogP contribution in [0.1, 0.15) is 219 Å². The van der Waals surface area contributed by atoms with Gasteiger partial charge in [0.05, 0.1) is 26.4 Å². The molecular formula is C44H85N4O10P. The van der Waals surface area contributed by atoms with Crippen molar-refractivity contribution in [2.24, 2.45) is 5.11 Å². The lowest BCUT2D eigenvalue weighted by Gasteiger charge is -2.20. The van der Waals surface area contributed by atoms with E-state index in [9.17, 15) is 23.8 Å². The number of azide groups is 1. The summed E-state index contributed by atoms with van der Waals surface area (Å²) in [7, 11) is -4.61. The highest BCUT2D eigenvalue weighted by atomic mass is 31.2. The van der Waals surface area contributed by atoms with Crippen molar-refractivity contribution < 1.29 is 47.1 Å². The van der Waals surface area contributed by atoms with Crippen LogP contribution < -0.4 is 5.32 Å². The number of phosphoric ester groups is 1. The van der Waals surface area contributed by atoms with Crippen molar-refractivity contribution in [2.75, 3.05) is 39.5 Å². The maximum absolute atomic E-state index is 12.7. The smallest absolute Gasteiger partial charge is 0.462 e. The summed E-state index contributed by atoms with van der Waals surface area (Å²) in [6.45, 7) is 2.96. The van der Waals surface area contributed by atoms with Crippen LogP contribution in [0.15, 0.2) is 5.11 Å². The van der Waals surface area contributed by atoms with Crippen molar-refractivity contribution in [1.29, 1.82) is 0 Å². The number of amides is 1. The third kappa shape index (κ3) is 43.5. The van der Waals surface area contributed by atoms with E-state index in [0.717, 1.165) is 38.5 Å². The molecule has 0 aliphatic rings. The lowest BCUT2D eigenvalue weighted by Crippen LogP contribution is -2.30. The lowest BCUT2D eigenvalue weighted by atomic mass is 10.0. The molecule has 0 saturated carbocycles. The molecule has 0 heterocycles. The van der Waals surface area contributed by atoms with Crippen LogP contribution >= 0.6 is 7.82 Å². The molecule has 0 aliphatic heterocycles. The van der Waals surface area contributed by atoms with Gasteiger partial charge in [-0.3, -0.25) is 18.6 Å². The Balaban J connectivity index is 4.46. The van der Waals surface area contributed by atoms with Crippen LogP contribution in [-0.4, -0.2) is 68.5 Å². The Bertz CT molecular complexity index is 1100. The van der Waals surface area contributed by atoms with Crippen molar-refractivity contribution in [3.63, 3.8) is 0 Å². The van der Waals surface area contributed by atoms with Crippen LogP contribution in [0.2, 0.25) is 0 Å². The molecule has 0 aliphatic carbocycles. The van der Waals surface area contributed by atoms with Gasteiger partial charge in [-0.25, -0.2) is 9.36 Å². The number of phosphoric acid groups is 1. The summed E-state index contributed by atoms with van der Waals surface area (Å²) in [5.74, 6) is -0.924. The Hall–Kier alpha value is -2.37. The van der Waals surface area contributed by atoms with Gasteiger partial charge < -0.3 is 24.4 Å². The zero-order chi connectivity index (χ0) is 43.3. The summed E-state index contributed by atoms with van der Waals surface area (Å²) in [4.78, 5) is 49.6. The van der Waals surface area contributed by atoms with E-state index in [4.69, 9.17) is 28.8 Å². The van der Waals surface area contributed by atoms with Gasteiger partial charge in [0.15, 0.2) is 6.10 Å². The highest BCUT2D eigenvalue weighted by molar-refractivity contribution is 7.47. The fourth-order valence-electron chi connectivity index (χ4n) is 6.70. The molecule has 0 aromatic carbocycles. The average Bonchev–Trinajstić information content (AvgIpc) is 3.22. The lowest BCUT2D eigenvalue weighted by molar-refractivity contribution is -0.161. The molecule has 0 fully saturated rings. The molecule has 14 nitrogen and oxygen atoms in total. The molecule has 15 heteroatoms. The van der Waals surface area contributed by atoms with Crippen molar-refractivity contribution in [2.45, 2.75) is 225 Å². The fraction of sp³-hybridized carbons (Fsp3) is 0.932. The first-order valence-electron chi connectivity index (χ1n) is 23.6. The largest absolute Gasteiger partial charge is 0.472 e. The van der Waals surface area contributed by atoms with E-state index in [1.54, 1.807) is 0 Å². The van der Waals surface area contributed by atoms with Crippen LogP contribution in [0.25, 0.3) is 10.4 Å². The number of carbonyl (C=O) groups is 3. The summed E-state index contributed by atoms with van der Waals surface area (Å²) in [5.41, 5.74) is 8.25. The topological polar surface area (TPSA) is 195 Å². The van der Waals surface area contributed by atoms with Crippen LogP contribution in [0.4, 0.5) is 4.79 Å². The third-order valence-electron chi connectivity index (χ3n) is 10.2. The first kappa shape index (κ1) is 56.6. The number of unbranched alkanes of at least 4 members (excludes halogenated alkanes) is 28. The van der Waals surface area contributed by atoms with Gasteiger partial charge in [-0.2, -0.15) is 0 Å². The van der Waals surface area contributed by atoms with Gasteiger partial charge in [0.1, 0.15) is 6.61 Å². The average molecular weight is 861 g/mol. The molecule has 59 heavy (non-hydrogen) atoms. The van der Waals surface area contributed by atoms with Crippen LogP contribution in [-0.2, 0) is 37.4 Å². The van der Waals surface area contributed by atoms with Crippen LogP contribution in [0.5, 0.6) is 0 Å². The number of hydrogen-bond donors (Lipinski definition) is 2. The molecule has 1 amide bonds. The minimum atomic E-state index is -4.61. The Morgan fingerprint density at radius 2 is 0.983 bits per heavy atom. The highest BCUT2D eigenvalue weighted by Gasteiger charge is 2.26. The van der Waals surface area contributed by atoms with Gasteiger partial charge in [-0.1, -0.05) is 199 Å². The number of ether oxygens (including phenoxy) is 3. The van der Waals surface area contributed by atoms with Crippen LogP contribution in [0.3, 0.4) is 0 Å². The molecule has 346 valence electrons. The second-order valence-corrected chi connectivity index (χ2v) is 17.3. The van der Waals surface area contributed by atoms with Gasteiger partial charge in [0.25, 0.3) is 0 Å². The van der Waals surface area contributed by atoms with Gasteiger partial charge >= 0.3 is 25.9 Å². The van der Waals surface area contributed by atoms with Crippen molar-refractivity contribution in [3.05, 3.63) is 10.4 Å². The number of nitrogens with zero attached hydrogens (tertiary/aromatic N) is 3. The van der Waals surface area contributed by atoms with Crippen molar-refractivity contribution >= 4 is 25.9 Å².